The van der Waals surface area contributed by atoms with Crippen molar-refractivity contribution >= 4 is 28.9 Å². The summed E-state index contributed by atoms with van der Waals surface area (Å²) in [6.45, 7) is 0. The van der Waals surface area contributed by atoms with E-state index in [1.165, 1.54) is 6.07 Å². The Bertz CT molecular complexity index is 615. The highest BCUT2D eigenvalue weighted by molar-refractivity contribution is 5.99. The maximum Gasteiger partial charge on any atom is 0.303 e. The normalized spacial score (nSPS) is 13.4. The van der Waals surface area contributed by atoms with E-state index in [0.29, 0.717) is 5.56 Å². The molecule has 0 fully saturated rings. The van der Waals surface area contributed by atoms with Crippen molar-refractivity contribution in [1.82, 2.24) is 0 Å². The average molecular weight is 311 g/mol. The van der Waals surface area contributed by atoms with Gasteiger partial charge in [-0.3, -0.25) is 20.0 Å². The summed E-state index contributed by atoms with van der Waals surface area (Å²) in [4.78, 5) is 22.2. The topological polar surface area (TPSA) is 159 Å². The number of benzene rings is 1. The molecule has 1 aromatic rings. The number of carbonyl (C=O) groups excluding carboxylic acids is 1. The first-order chi connectivity index (χ1) is 10.3. The predicted molar refractivity (Wildman–Crippen MR) is 74.6 cm³/mol. The lowest BCUT2D eigenvalue weighted by molar-refractivity contribution is -0.137. The molecule has 0 spiro atoms. The van der Waals surface area contributed by atoms with Crippen LogP contribution in [0.2, 0.25) is 0 Å². The van der Waals surface area contributed by atoms with Crippen molar-refractivity contribution in [2.24, 2.45) is 0 Å². The van der Waals surface area contributed by atoms with Crippen LogP contribution < -0.4 is 15.8 Å². The molecule has 0 saturated heterocycles. The molecule has 22 heavy (non-hydrogen) atoms. The molecule has 1 aromatic carbocycles. The van der Waals surface area contributed by atoms with Gasteiger partial charge in [-0.2, -0.15) is 0 Å². The van der Waals surface area contributed by atoms with Crippen molar-refractivity contribution in [2.45, 2.75) is 25.7 Å². The minimum absolute atomic E-state index is 0.0484. The molecule has 0 saturated carbocycles. The van der Waals surface area contributed by atoms with Gasteiger partial charge in [0.25, 0.3) is 0 Å². The van der Waals surface area contributed by atoms with Crippen molar-refractivity contribution in [1.29, 1.82) is 0 Å². The average Bonchev–Trinajstić information content (AvgIpc) is 2.42. The van der Waals surface area contributed by atoms with Crippen LogP contribution in [0.5, 0.6) is 0 Å². The van der Waals surface area contributed by atoms with E-state index in [1.807, 2.05) is 0 Å². The second-order valence-corrected chi connectivity index (χ2v) is 4.75. The van der Waals surface area contributed by atoms with Gasteiger partial charge < -0.3 is 26.1 Å². The number of carbonyl (C=O) groups is 2. The van der Waals surface area contributed by atoms with Crippen LogP contribution in [-0.4, -0.2) is 27.4 Å². The molecule has 10 heteroatoms. The SMILES string of the molecule is O=C(O)CCc1c(N([O-])[O-])cc2c(c1N(O)O)NC(=O)CC2. The number of hydrogen-bond donors (Lipinski definition) is 4. The minimum Gasteiger partial charge on any atom is -0.769 e. The molecule has 0 unspecified atom stereocenters. The number of fused-ring (bicyclic) bond motifs is 1. The van der Waals surface area contributed by atoms with Crippen molar-refractivity contribution in [3.8, 4) is 0 Å². The Kier molecular flexibility index (Phi) is 4.47. The smallest absolute Gasteiger partial charge is 0.303 e. The lowest BCUT2D eigenvalue weighted by Gasteiger charge is -2.41. The van der Waals surface area contributed by atoms with Crippen molar-refractivity contribution < 1.29 is 25.1 Å². The first kappa shape index (κ1) is 16.0. The number of aryl methyl sites for hydroxylation is 1. The van der Waals surface area contributed by atoms with Gasteiger partial charge in [-0.15, -0.1) is 5.23 Å². The van der Waals surface area contributed by atoms with Gasteiger partial charge >= 0.3 is 5.97 Å². The minimum atomic E-state index is -1.19. The maximum atomic E-state index is 11.5. The summed E-state index contributed by atoms with van der Waals surface area (Å²) in [5, 5.41) is 51.3. The van der Waals surface area contributed by atoms with Gasteiger partial charge in [0, 0.05) is 24.1 Å². The summed E-state index contributed by atoms with van der Waals surface area (Å²) in [6, 6.07) is 1.22. The largest absolute Gasteiger partial charge is 0.769 e. The summed E-state index contributed by atoms with van der Waals surface area (Å²) in [7, 11) is 0. The first-order valence-electron chi connectivity index (χ1n) is 6.34. The van der Waals surface area contributed by atoms with Crippen LogP contribution in [0, 0.1) is 10.4 Å². The molecule has 0 aliphatic carbocycles. The lowest BCUT2D eigenvalue weighted by atomic mass is 9.95. The second-order valence-electron chi connectivity index (χ2n) is 4.75. The van der Waals surface area contributed by atoms with E-state index in [0.717, 1.165) is 0 Å². The highest BCUT2D eigenvalue weighted by Gasteiger charge is 2.26. The van der Waals surface area contributed by atoms with Crippen LogP contribution in [0.3, 0.4) is 0 Å². The number of nitrogens with zero attached hydrogens (tertiary/aromatic N) is 2. The maximum absolute atomic E-state index is 11.5. The van der Waals surface area contributed by atoms with Gasteiger partial charge in [-0.05, 0) is 24.5 Å². The van der Waals surface area contributed by atoms with Gasteiger partial charge in [-0.1, -0.05) is 0 Å². The van der Waals surface area contributed by atoms with Crippen LogP contribution in [0.4, 0.5) is 17.1 Å². The zero-order valence-electron chi connectivity index (χ0n) is 11.3. The third-order valence-electron chi connectivity index (χ3n) is 3.34. The number of anilines is 3. The fourth-order valence-electron chi connectivity index (χ4n) is 2.40. The zero-order valence-corrected chi connectivity index (χ0v) is 11.3. The molecule has 0 bridgehead atoms. The Hall–Kier alpha value is -2.40. The van der Waals surface area contributed by atoms with E-state index in [-0.39, 0.29) is 47.3 Å². The van der Waals surface area contributed by atoms with Crippen molar-refractivity contribution in [3.05, 3.63) is 27.6 Å². The number of hydrogen-bond acceptors (Lipinski definition) is 8. The fraction of sp³-hybridized carbons (Fsp3) is 0.333. The van der Waals surface area contributed by atoms with Gasteiger partial charge in [0.1, 0.15) is 5.69 Å². The van der Waals surface area contributed by atoms with Gasteiger partial charge in [0.2, 0.25) is 5.91 Å². The number of nitrogens with one attached hydrogen (secondary N) is 1. The van der Waals surface area contributed by atoms with Crippen molar-refractivity contribution in [2.75, 3.05) is 15.8 Å². The Morgan fingerprint density at radius 1 is 1.32 bits per heavy atom. The summed E-state index contributed by atoms with van der Waals surface area (Å²) in [5.41, 5.74) is -0.531. The molecule has 10 nitrogen and oxygen atoms in total. The summed E-state index contributed by atoms with van der Waals surface area (Å²) < 4.78 is 0. The molecule has 1 amide bonds. The molecule has 0 aromatic heterocycles. The first-order valence-corrected chi connectivity index (χ1v) is 6.34. The lowest BCUT2D eigenvalue weighted by Crippen LogP contribution is -2.25. The van der Waals surface area contributed by atoms with Crippen molar-refractivity contribution in [3.63, 3.8) is 0 Å². The predicted octanol–water partition coefficient (Wildman–Crippen LogP) is 0.975. The van der Waals surface area contributed by atoms with E-state index in [9.17, 15) is 30.4 Å². The highest BCUT2D eigenvalue weighted by Crippen LogP contribution is 2.41. The zero-order chi connectivity index (χ0) is 16.4. The molecule has 4 N–H and O–H groups in total. The number of aliphatic carboxylic acids is 1. The Labute approximate surface area is 124 Å². The number of rotatable bonds is 5. The Balaban J connectivity index is 2.63. The Morgan fingerprint density at radius 2 is 2.00 bits per heavy atom. The molecule has 1 aliphatic heterocycles. The molecular weight excluding hydrogens is 298 g/mol. The molecule has 1 aliphatic rings. The monoisotopic (exact) mass is 311 g/mol. The third-order valence-corrected chi connectivity index (χ3v) is 3.34. The van der Waals surface area contributed by atoms with E-state index >= 15 is 0 Å². The summed E-state index contributed by atoms with van der Waals surface area (Å²) >= 11 is 0. The summed E-state index contributed by atoms with van der Waals surface area (Å²) in [6.07, 6.45) is -0.396. The molecular formula is C12H13N3O7-2. The molecule has 120 valence electrons. The molecule has 2 rings (SSSR count). The summed E-state index contributed by atoms with van der Waals surface area (Å²) in [5.74, 6) is -1.56. The highest BCUT2D eigenvalue weighted by atomic mass is 16.8. The van der Waals surface area contributed by atoms with E-state index in [2.05, 4.69) is 5.32 Å². The van der Waals surface area contributed by atoms with Crippen LogP contribution >= 0.6 is 0 Å². The molecule has 0 atom stereocenters. The van der Waals surface area contributed by atoms with E-state index in [1.54, 1.807) is 0 Å². The van der Waals surface area contributed by atoms with Crippen LogP contribution in [0.25, 0.3) is 0 Å². The fourth-order valence-corrected chi connectivity index (χ4v) is 2.40. The van der Waals surface area contributed by atoms with E-state index in [4.69, 9.17) is 5.11 Å². The molecule has 1 heterocycles. The molecule has 0 radical (unpaired) electrons. The standard InChI is InChI=1S/C12H13N3O7/c16-9-3-1-6-5-8(14(19)20)7(2-4-10(17)18)12(15(21)22)11(6)13-9/h5,21-22H,1-4H2,(H,13,16)(H,17,18)/q-2. The van der Waals surface area contributed by atoms with Gasteiger partial charge in [0.05, 0.1) is 5.69 Å². The second kappa shape index (κ2) is 6.15. The Morgan fingerprint density at radius 3 is 2.55 bits per heavy atom. The van der Waals surface area contributed by atoms with Gasteiger partial charge in [0.15, 0.2) is 0 Å². The van der Waals surface area contributed by atoms with Crippen LogP contribution in [0.15, 0.2) is 6.07 Å². The number of amides is 1. The quantitative estimate of drug-likeness (QED) is 0.581. The van der Waals surface area contributed by atoms with Crippen LogP contribution in [0.1, 0.15) is 24.0 Å². The van der Waals surface area contributed by atoms with Crippen LogP contribution in [-0.2, 0) is 22.4 Å². The van der Waals surface area contributed by atoms with Gasteiger partial charge in [-0.25, -0.2) is 0 Å². The third kappa shape index (κ3) is 3.09. The van der Waals surface area contributed by atoms with E-state index < -0.39 is 23.3 Å². The number of carboxylic acids is 1. The number of carboxylic acid groups (broad SMARTS) is 1.